The van der Waals surface area contributed by atoms with E-state index >= 15 is 0 Å². The Balaban J connectivity index is 2.28. The number of hydrogen-bond donors (Lipinski definition) is 1. The standard InChI is InChI=1S/C14H16FNO6S/c1-22-11-4-2-3-10(6-11)13(14(18)19)16-7-9(5-12(16)17)8-23(15,20)21/h2-4,6,9,13H,5,7-8H2,1H3,(H,18,19). The van der Waals surface area contributed by atoms with Crippen molar-refractivity contribution in [1.82, 2.24) is 4.90 Å². The van der Waals surface area contributed by atoms with Crippen LogP contribution in [0.15, 0.2) is 24.3 Å². The molecule has 126 valence electrons. The lowest BCUT2D eigenvalue weighted by molar-refractivity contribution is -0.148. The Labute approximate surface area is 132 Å². The summed E-state index contributed by atoms with van der Waals surface area (Å²) < 4.78 is 39.3. The van der Waals surface area contributed by atoms with Gasteiger partial charge < -0.3 is 14.7 Å². The average molecular weight is 345 g/mol. The second kappa shape index (κ2) is 6.53. The van der Waals surface area contributed by atoms with Crippen LogP contribution in [0.1, 0.15) is 18.0 Å². The lowest BCUT2D eigenvalue weighted by atomic mass is 10.1. The molecule has 2 atom stereocenters. The van der Waals surface area contributed by atoms with Gasteiger partial charge in [-0.2, -0.15) is 8.42 Å². The molecule has 1 saturated heterocycles. The Bertz CT molecular complexity index is 720. The van der Waals surface area contributed by atoms with Gasteiger partial charge in [0.05, 0.1) is 12.9 Å². The summed E-state index contributed by atoms with van der Waals surface area (Å²) in [5.74, 6) is -2.89. The molecule has 0 aromatic heterocycles. The zero-order chi connectivity index (χ0) is 17.2. The van der Waals surface area contributed by atoms with Gasteiger partial charge in [-0.15, -0.1) is 3.89 Å². The maximum absolute atomic E-state index is 12.8. The fraction of sp³-hybridized carbons (Fsp3) is 0.429. The molecule has 1 N–H and O–H groups in total. The molecule has 1 heterocycles. The minimum absolute atomic E-state index is 0.129. The van der Waals surface area contributed by atoms with E-state index in [0.29, 0.717) is 11.3 Å². The predicted molar refractivity (Wildman–Crippen MR) is 78.1 cm³/mol. The van der Waals surface area contributed by atoms with Crippen LogP contribution >= 0.6 is 0 Å². The number of rotatable bonds is 6. The van der Waals surface area contributed by atoms with Gasteiger partial charge in [0.15, 0.2) is 6.04 Å². The van der Waals surface area contributed by atoms with Crippen LogP contribution in [0.3, 0.4) is 0 Å². The lowest BCUT2D eigenvalue weighted by Gasteiger charge is -2.25. The normalized spacial score (nSPS) is 19.7. The number of nitrogens with zero attached hydrogens (tertiary/aromatic N) is 1. The van der Waals surface area contributed by atoms with Crippen molar-refractivity contribution in [3.05, 3.63) is 29.8 Å². The van der Waals surface area contributed by atoms with Gasteiger partial charge in [0, 0.05) is 18.9 Å². The Morgan fingerprint density at radius 1 is 1.52 bits per heavy atom. The zero-order valence-electron chi connectivity index (χ0n) is 12.3. The number of ether oxygens (including phenoxy) is 1. The number of methoxy groups -OCH3 is 1. The second-order valence-electron chi connectivity index (χ2n) is 5.34. The van der Waals surface area contributed by atoms with E-state index in [1.54, 1.807) is 12.1 Å². The van der Waals surface area contributed by atoms with Crippen molar-refractivity contribution in [2.45, 2.75) is 12.5 Å². The van der Waals surface area contributed by atoms with Crippen molar-refractivity contribution in [3.8, 4) is 5.75 Å². The molecule has 0 spiro atoms. The van der Waals surface area contributed by atoms with E-state index in [0.717, 1.165) is 4.90 Å². The number of halogens is 1. The lowest BCUT2D eigenvalue weighted by Crippen LogP contribution is -2.35. The van der Waals surface area contributed by atoms with E-state index in [9.17, 15) is 27.0 Å². The predicted octanol–water partition coefficient (Wildman–Crippen LogP) is 0.969. The minimum Gasteiger partial charge on any atom is -0.497 e. The third-order valence-corrected chi connectivity index (χ3v) is 4.50. The number of carbonyl (C=O) groups is 2. The van der Waals surface area contributed by atoms with Gasteiger partial charge in [-0.05, 0) is 17.7 Å². The van der Waals surface area contributed by atoms with Crippen molar-refractivity contribution >= 4 is 22.1 Å². The summed E-state index contributed by atoms with van der Waals surface area (Å²) in [7, 11) is -3.29. The molecule has 1 aromatic carbocycles. The highest BCUT2D eigenvalue weighted by atomic mass is 32.3. The Hall–Kier alpha value is -2.16. The van der Waals surface area contributed by atoms with Gasteiger partial charge in [0.25, 0.3) is 0 Å². The number of likely N-dealkylation sites (tertiary alicyclic amines) is 1. The first kappa shape index (κ1) is 17.2. The van der Waals surface area contributed by atoms with Gasteiger partial charge in [0.1, 0.15) is 5.75 Å². The van der Waals surface area contributed by atoms with Crippen LogP contribution in [-0.2, 0) is 19.8 Å². The zero-order valence-corrected chi connectivity index (χ0v) is 13.1. The van der Waals surface area contributed by atoms with Crippen molar-refractivity contribution in [3.63, 3.8) is 0 Å². The van der Waals surface area contributed by atoms with Crippen LogP contribution in [0.5, 0.6) is 5.75 Å². The van der Waals surface area contributed by atoms with Gasteiger partial charge in [-0.1, -0.05) is 12.1 Å². The number of amides is 1. The van der Waals surface area contributed by atoms with E-state index in [2.05, 4.69) is 0 Å². The second-order valence-corrected chi connectivity index (χ2v) is 6.75. The highest BCUT2D eigenvalue weighted by Crippen LogP contribution is 2.31. The average Bonchev–Trinajstić information content (AvgIpc) is 2.77. The van der Waals surface area contributed by atoms with Crippen LogP contribution < -0.4 is 4.74 Å². The summed E-state index contributed by atoms with van der Waals surface area (Å²) in [4.78, 5) is 24.7. The monoisotopic (exact) mass is 345 g/mol. The van der Waals surface area contributed by atoms with Crippen LogP contribution in [0, 0.1) is 5.92 Å². The Kier molecular flexibility index (Phi) is 4.88. The number of hydrogen-bond acceptors (Lipinski definition) is 5. The molecule has 0 radical (unpaired) electrons. The van der Waals surface area contributed by atoms with E-state index in [1.807, 2.05) is 0 Å². The molecule has 9 heteroatoms. The van der Waals surface area contributed by atoms with Crippen LogP contribution in [0.2, 0.25) is 0 Å². The van der Waals surface area contributed by atoms with Crippen molar-refractivity contribution in [2.75, 3.05) is 19.4 Å². The van der Waals surface area contributed by atoms with Gasteiger partial charge in [0.2, 0.25) is 5.91 Å². The SMILES string of the molecule is COc1cccc(C(C(=O)O)N2CC(CS(=O)(=O)F)CC2=O)c1. The van der Waals surface area contributed by atoms with E-state index in [-0.39, 0.29) is 13.0 Å². The fourth-order valence-electron chi connectivity index (χ4n) is 2.72. The van der Waals surface area contributed by atoms with Crippen molar-refractivity contribution in [1.29, 1.82) is 0 Å². The van der Waals surface area contributed by atoms with Crippen molar-refractivity contribution in [2.24, 2.45) is 5.92 Å². The molecule has 1 aliphatic heterocycles. The van der Waals surface area contributed by atoms with Gasteiger partial charge >= 0.3 is 16.2 Å². The molecule has 1 aliphatic rings. The maximum atomic E-state index is 12.8. The van der Waals surface area contributed by atoms with Gasteiger partial charge in [-0.3, -0.25) is 4.79 Å². The largest absolute Gasteiger partial charge is 0.497 e. The first-order valence-corrected chi connectivity index (χ1v) is 8.35. The molecule has 2 unspecified atom stereocenters. The van der Waals surface area contributed by atoms with Gasteiger partial charge in [-0.25, -0.2) is 4.79 Å². The fourth-order valence-corrected chi connectivity index (χ4v) is 3.51. The minimum atomic E-state index is -4.72. The van der Waals surface area contributed by atoms with E-state index in [1.165, 1.54) is 19.2 Å². The molecular weight excluding hydrogens is 329 g/mol. The van der Waals surface area contributed by atoms with Crippen molar-refractivity contribution < 1.29 is 31.7 Å². The summed E-state index contributed by atoms with van der Waals surface area (Å²) >= 11 is 0. The third kappa shape index (κ3) is 4.19. The summed E-state index contributed by atoms with van der Waals surface area (Å²) in [6.07, 6.45) is -0.198. The molecule has 0 aliphatic carbocycles. The molecule has 23 heavy (non-hydrogen) atoms. The molecule has 2 rings (SSSR count). The number of carboxylic acid groups (broad SMARTS) is 1. The Morgan fingerprint density at radius 2 is 2.22 bits per heavy atom. The molecule has 0 saturated carbocycles. The first-order chi connectivity index (χ1) is 10.7. The van der Waals surface area contributed by atoms with Crippen LogP contribution in [0.25, 0.3) is 0 Å². The number of carbonyl (C=O) groups excluding carboxylic acids is 1. The molecule has 1 aromatic rings. The quantitative estimate of drug-likeness (QED) is 0.771. The topological polar surface area (TPSA) is 101 Å². The van der Waals surface area contributed by atoms with E-state index in [4.69, 9.17) is 4.74 Å². The summed E-state index contributed by atoms with van der Waals surface area (Å²) in [5.41, 5.74) is 0.328. The molecular formula is C14H16FNO6S. The number of benzene rings is 1. The molecule has 0 bridgehead atoms. The third-order valence-electron chi connectivity index (χ3n) is 3.63. The molecule has 7 nitrogen and oxygen atoms in total. The number of carboxylic acids is 1. The summed E-state index contributed by atoms with van der Waals surface area (Å²) in [6.45, 7) is -0.129. The van der Waals surface area contributed by atoms with E-state index < -0.39 is 39.8 Å². The highest BCUT2D eigenvalue weighted by Gasteiger charge is 2.40. The number of aliphatic carboxylic acids is 1. The smallest absolute Gasteiger partial charge is 0.331 e. The summed E-state index contributed by atoms with van der Waals surface area (Å²) in [6, 6.07) is 4.98. The molecule has 1 amide bonds. The van der Waals surface area contributed by atoms with Crippen LogP contribution in [0.4, 0.5) is 3.89 Å². The molecule has 1 fully saturated rings. The highest BCUT2D eigenvalue weighted by molar-refractivity contribution is 7.86. The van der Waals surface area contributed by atoms with Crippen LogP contribution in [-0.4, -0.2) is 49.7 Å². The summed E-state index contributed by atoms with van der Waals surface area (Å²) in [5, 5.41) is 9.46. The maximum Gasteiger partial charge on any atom is 0.331 e. The first-order valence-electron chi connectivity index (χ1n) is 6.80. The Morgan fingerprint density at radius 3 is 2.78 bits per heavy atom.